The maximum atomic E-state index is 12.1. The van der Waals surface area contributed by atoms with Crippen molar-refractivity contribution in [1.29, 1.82) is 0 Å². The van der Waals surface area contributed by atoms with Crippen molar-refractivity contribution in [3.05, 3.63) is 83.8 Å². The van der Waals surface area contributed by atoms with Crippen LogP contribution in [0, 0.1) is 6.92 Å². The van der Waals surface area contributed by atoms with E-state index in [2.05, 4.69) is 10.6 Å². The van der Waals surface area contributed by atoms with Crippen LogP contribution in [0.25, 0.3) is 0 Å². The molecule has 0 aliphatic heterocycles. The van der Waals surface area contributed by atoms with E-state index in [1.165, 1.54) is 24.0 Å². The average molecular weight is 439 g/mol. The molecule has 0 saturated heterocycles. The Morgan fingerprint density at radius 2 is 1.74 bits per heavy atom. The number of ether oxygens (including phenoxy) is 1. The Morgan fingerprint density at radius 1 is 1.00 bits per heavy atom. The number of rotatable bonds is 9. The molecule has 3 rings (SSSR count). The molecule has 7 nitrogen and oxygen atoms in total. The maximum absolute atomic E-state index is 12.1. The van der Waals surface area contributed by atoms with Gasteiger partial charge in [-0.05, 0) is 55.5 Å². The number of carbonyl (C=O) groups excluding carboxylic acids is 3. The third-order valence-corrected chi connectivity index (χ3v) is 5.19. The molecule has 160 valence electrons. The number of aryl methyl sites for hydroxylation is 1. The van der Waals surface area contributed by atoms with Gasteiger partial charge in [-0.1, -0.05) is 17.7 Å². The van der Waals surface area contributed by atoms with E-state index in [1.54, 1.807) is 36.0 Å². The molecule has 1 heterocycles. The number of furan rings is 1. The van der Waals surface area contributed by atoms with Crippen LogP contribution in [-0.2, 0) is 9.53 Å². The molecule has 31 heavy (non-hydrogen) atoms. The van der Waals surface area contributed by atoms with Crippen LogP contribution >= 0.6 is 11.8 Å². The Kier molecular flexibility index (Phi) is 7.89. The third kappa shape index (κ3) is 7.04. The first-order valence-corrected chi connectivity index (χ1v) is 10.6. The SMILES string of the molecule is Cc1ccc(SCCNC(=O)COC(=O)c2ccc(NC(=O)c3ccco3)cc2)cc1. The number of hydrogen-bond acceptors (Lipinski definition) is 6. The fourth-order valence-corrected chi connectivity index (χ4v) is 3.32. The van der Waals surface area contributed by atoms with Gasteiger partial charge in [-0.15, -0.1) is 11.8 Å². The second-order valence-corrected chi connectivity index (χ2v) is 7.76. The quantitative estimate of drug-likeness (QED) is 0.299. The molecular formula is C23H22N2O5S. The highest BCUT2D eigenvalue weighted by Crippen LogP contribution is 2.17. The number of benzene rings is 2. The first-order valence-electron chi connectivity index (χ1n) is 9.59. The summed E-state index contributed by atoms with van der Waals surface area (Å²) in [4.78, 5) is 37.0. The fraction of sp³-hybridized carbons (Fsp3) is 0.174. The molecule has 8 heteroatoms. The van der Waals surface area contributed by atoms with Gasteiger partial charge in [0.25, 0.3) is 11.8 Å². The largest absolute Gasteiger partial charge is 0.459 e. The van der Waals surface area contributed by atoms with Crippen molar-refractivity contribution >= 4 is 35.2 Å². The van der Waals surface area contributed by atoms with Gasteiger partial charge in [0.1, 0.15) is 0 Å². The van der Waals surface area contributed by atoms with Crippen LogP contribution in [0.2, 0.25) is 0 Å². The van der Waals surface area contributed by atoms with Crippen molar-refractivity contribution < 1.29 is 23.5 Å². The van der Waals surface area contributed by atoms with Crippen molar-refractivity contribution in [2.45, 2.75) is 11.8 Å². The van der Waals surface area contributed by atoms with E-state index in [-0.39, 0.29) is 23.8 Å². The summed E-state index contributed by atoms with van der Waals surface area (Å²) in [6, 6.07) is 17.5. The molecule has 2 N–H and O–H groups in total. The standard InChI is InChI=1S/C23H22N2O5S/c1-16-4-10-19(11-5-16)31-14-12-24-21(26)15-30-23(28)17-6-8-18(9-7-17)25-22(27)20-3-2-13-29-20/h2-11,13H,12,14-15H2,1H3,(H,24,26)(H,25,27). The van der Waals surface area contributed by atoms with Gasteiger partial charge in [0.2, 0.25) is 0 Å². The summed E-state index contributed by atoms with van der Waals surface area (Å²) in [7, 11) is 0. The topological polar surface area (TPSA) is 97.6 Å². The van der Waals surface area contributed by atoms with Crippen LogP contribution in [0.15, 0.2) is 76.2 Å². The molecule has 0 fully saturated rings. The summed E-state index contributed by atoms with van der Waals surface area (Å²) < 4.78 is 10.1. The first kappa shape index (κ1) is 22.2. The highest BCUT2D eigenvalue weighted by molar-refractivity contribution is 7.99. The van der Waals surface area contributed by atoms with Crippen LogP contribution in [0.4, 0.5) is 5.69 Å². The monoisotopic (exact) mass is 438 g/mol. The minimum Gasteiger partial charge on any atom is -0.459 e. The normalized spacial score (nSPS) is 10.4. The molecule has 0 aliphatic rings. The second-order valence-electron chi connectivity index (χ2n) is 6.60. The number of thioether (sulfide) groups is 1. The number of anilines is 1. The van der Waals surface area contributed by atoms with Crippen molar-refractivity contribution in [2.24, 2.45) is 0 Å². The summed E-state index contributed by atoms with van der Waals surface area (Å²) in [6.45, 7) is 2.15. The van der Waals surface area contributed by atoms with Crippen LogP contribution in [0.3, 0.4) is 0 Å². The second kappa shape index (κ2) is 11.0. The summed E-state index contributed by atoms with van der Waals surface area (Å²) >= 11 is 1.64. The summed E-state index contributed by atoms with van der Waals surface area (Å²) in [5, 5.41) is 5.37. The Balaban J connectivity index is 1.36. The lowest BCUT2D eigenvalue weighted by molar-refractivity contribution is -0.124. The van der Waals surface area contributed by atoms with Crippen molar-refractivity contribution in [3.63, 3.8) is 0 Å². The molecular weight excluding hydrogens is 416 g/mol. The molecule has 0 spiro atoms. The first-order chi connectivity index (χ1) is 15.0. The molecule has 3 aromatic rings. The Morgan fingerprint density at radius 3 is 2.42 bits per heavy atom. The van der Waals surface area contributed by atoms with E-state index in [1.807, 2.05) is 31.2 Å². The van der Waals surface area contributed by atoms with Crippen LogP contribution in [0.5, 0.6) is 0 Å². The minimum atomic E-state index is -0.618. The van der Waals surface area contributed by atoms with Crippen LogP contribution in [0.1, 0.15) is 26.5 Å². The zero-order valence-corrected chi connectivity index (χ0v) is 17.7. The molecule has 0 bridgehead atoms. The van der Waals surface area contributed by atoms with Gasteiger partial charge in [-0.2, -0.15) is 0 Å². The fourth-order valence-electron chi connectivity index (χ4n) is 2.55. The van der Waals surface area contributed by atoms with Gasteiger partial charge in [0.05, 0.1) is 11.8 Å². The number of hydrogen-bond donors (Lipinski definition) is 2. The maximum Gasteiger partial charge on any atom is 0.338 e. The molecule has 2 aromatic carbocycles. The molecule has 0 radical (unpaired) electrons. The number of amides is 2. The smallest absolute Gasteiger partial charge is 0.338 e. The molecule has 2 amide bonds. The molecule has 0 aliphatic carbocycles. The third-order valence-electron chi connectivity index (χ3n) is 4.17. The summed E-state index contributed by atoms with van der Waals surface area (Å²) in [5.41, 5.74) is 1.98. The molecule has 0 atom stereocenters. The lowest BCUT2D eigenvalue weighted by Crippen LogP contribution is -2.30. The number of nitrogens with one attached hydrogen (secondary N) is 2. The summed E-state index contributed by atoms with van der Waals surface area (Å²) in [5.74, 6) is -0.467. The van der Waals surface area contributed by atoms with E-state index in [0.29, 0.717) is 18.0 Å². The van der Waals surface area contributed by atoms with Crippen molar-refractivity contribution in [1.82, 2.24) is 5.32 Å². The lowest BCUT2D eigenvalue weighted by Gasteiger charge is -2.08. The van der Waals surface area contributed by atoms with Gasteiger partial charge in [-0.3, -0.25) is 9.59 Å². The predicted molar refractivity (Wildman–Crippen MR) is 118 cm³/mol. The van der Waals surface area contributed by atoms with E-state index >= 15 is 0 Å². The average Bonchev–Trinajstić information content (AvgIpc) is 3.32. The van der Waals surface area contributed by atoms with Crippen LogP contribution in [-0.4, -0.2) is 36.7 Å². The van der Waals surface area contributed by atoms with Crippen molar-refractivity contribution in [2.75, 3.05) is 24.2 Å². The van der Waals surface area contributed by atoms with Gasteiger partial charge in [0, 0.05) is 22.9 Å². The van der Waals surface area contributed by atoms with E-state index in [0.717, 1.165) is 4.90 Å². The van der Waals surface area contributed by atoms with E-state index in [9.17, 15) is 14.4 Å². The summed E-state index contributed by atoms with van der Waals surface area (Å²) in [6.07, 6.45) is 1.41. The highest BCUT2D eigenvalue weighted by atomic mass is 32.2. The van der Waals surface area contributed by atoms with Gasteiger partial charge in [-0.25, -0.2) is 4.79 Å². The number of carbonyl (C=O) groups is 3. The van der Waals surface area contributed by atoms with E-state index in [4.69, 9.17) is 9.15 Å². The molecule has 0 unspecified atom stereocenters. The zero-order chi connectivity index (χ0) is 22.1. The van der Waals surface area contributed by atoms with Gasteiger partial charge >= 0.3 is 5.97 Å². The number of esters is 1. The predicted octanol–water partition coefficient (Wildman–Crippen LogP) is 3.91. The van der Waals surface area contributed by atoms with E-state index < -0.39 is 11.9 Å². The van der Waals surface area contributed by atoms with Crippen molar-refractivity contribution in [3.8, 4) is 0 Å². The Hall–Kier alpha value is -3.52. The van der Waals surface area contributed by atoms with Crippen LogP contribution < -0.4 is 10.6 Å². The van der Waals surface area contributed by atoms with Gasteiger partial charge in [0.15, 0.2) is 12.4 Å². The molecule has 1 aromatic heterocycles. The minimum absolute atomic E-state index is 0.187. The van der Waals surface area contributed by atoms with Gasteiger partial charge < -0.3 is 19.8 Å². The Bertz CT molecular complexity index is 1020. The zero-order valence-electron chi connectivity index (χ0n) is 16.9. The highest BCUT2D eigenvalue weighted by Gasteiger charge is 2.12. The lowest BCUT2D eigenvalue weighted by atomic mass is 10.2. The Labute approximate surface area is 184 Å². The molecule has 0 saturated carbocycles.